The van der Waals surface area contributed by atoms with Crippen LogP contribution in [-0.4, -0.2) is 68.8 Å². The number of likely N-dealkylation sites (N-methyl/N-ethyl adjacent to an activating group) is 2. The van der Waals surface area contributed by atoms with E-state index in [1.165, 1.54) is 6.07 Å². The molecule has 1 heterocycles. The number of carbonyl (C=O) groups excluding carboxylic acids is 1. The van der Waals surface area contributed by atoms with Gasteiger partial charge in [0.2, 0.25) is 0 Å². The summed E-state index contributed by atoms with van der Waals surface area (Å²) in [6, 6.07) is 3.07. The average Bonchev–Trinajstić information content (AvgIpc) is 2.63. The number of carbonyl (C=O) groups is 1. The molecule has 0 atom stereocenters. The molecular weight excluding hydrogens is 318 g/mol. The van der Waals surface area contributed by atoms with E-state index in [0.717, 1.165) is 13.1 Å². The highest BCUT2D eigenvalue weighted by Gasteiger charge is 2.25. The molecule has 2 N–H and O–H groups in total. The molecular formula is C16H24ClN3O3. The molecule has 0 aliphatic carbocycles. The first-order valence-corrected chi connectivity index (χ1v) is 8.08. The van der Waals surface area contributed by atoms with Crippen LogP contribution in [0, 0.1) is 0 Å². The summed E-state index contributed by atoms with van der Waals surface area (Å²) in [5, 5.41) is 0.315. The summed E-state index contributed by atoms with van der Waals surface area (Å²) in [7, 11) is 4.04. The Morgan fingerprint density at radius 3 is 2.48 bits per heavy atom. The lowest BCUT2D eigenvalue weighted by atomic mass is 10.1. The van der Waals surface area contributed by atoms with Gasteiger partial charge in [-0.15, -0.1) is 0 Å². The number of halogens is 1. The van der Waals surface area contributed by atoms with Crippen LogP contribution >= 0.6 is 11.6 Å². The van der Waals surface area contributed by atoms with Crippen molar-refractivity contribution in [3.63, 3.8) is 0 Å². The molecule has 2 rings (SSSR count). The maximum absolute atomic E-state index is 12.6. The van der Waals surface area contributed by atoms with Gasteiger partial charge in [-0.1, -0.05) is 11.6 Å². The lowest BCUT2D eigenvalue weighted by Gasteiger charge is -2.22. The molecule has 1 saturated heterocycles. The van der Waals surface area contributed by atoms with Gasteiger partial charge in [0, 0.05) is 32.2 Å². The van der Waals surface area contributed by atoms with E-state index in [-0.39, 0.29) is 6.10 Å². The third-order valence-electron chi connectivity index (χ3n) is 3.79. The first-order valence-electron chi connectivity index (χ1n) is 7.70. The van der Waals surface area contributed by atoms with Gasteiger partial charge in [-0.25, -0.2) is 4.79 Å². The summed E-state index contributed by atoms with van der Waals surface area (Å²) in [4.78, 5) is 16.9. The molecule has 1 fully saturated rings. The SMILES string of the molecule is CCOc1cc(N)c(Cl)cc1C(=O)OC1CN(C)CCN(C)C1. The van der Waals surface area contributed by atoms with Crippen molar-refractivity contribution in [3.05, 3.63) is 22.7 Å². The van der Waals surface area contributed by atoms with Crippen LogP contribution in [0.15, 0.2) is 12.1 Å². The minimum Gasteiger partial charge on any atom is -0.493 e. The summed E-state index contributed by atoms with van der Waals surface area (Å²) in [6.45, 7) is 5.56. The molecule has 0 bridgehead atoms. The number of benzene rings is 1. The number of nitrogen functional groups attached to an aromatic ring is 1. The van der Waals surface area contributed by atoms with Gasteiger partial charge in [-0.3, -0.25) is 0 Å². The lowest BCUT2D eigenvalue weighted by Crippen LogP contribution is -2.35. The van der Waals surface area contributed by atoms with Crippen molar-refractivity contribution in [1.29, 1.82) is 0 Å². The number of rotatable bonds is 4. The van der Waals surface area contributed by atoms with Crippen molar-refractivity contribution < 1.29 is 14.3 Å². The minimum atomic E-state index is -0.441. The van der Waals surface area contributed by atoms with Crippen LogP contribution in [0.3, 0.4) is 0 Å². The van der Waals surface area contributed by atoms with Crippen molar-refractivity contribution in [2.75, 3.05) is 52.6 Å². The topological polar surface area (TPSA) is 68.0 Å². The predicted molar refractivity (Wildman–Crippen MR) is 91.2 cm³/mol. The maximum Gasteiger partial charge on any atom is 0.342 e. The van der Waals surface area contributed by atoms with Gasteiger partial charge < -0.3 is 25.0 Å². The Labute approximate surface area is 142 Å². The molecule has 1 aromatic carbocycles. The number of anilines is 1. The highest BCUT2D eigenvalue weighted by molar-refractivity contribution is 6.33. The third-order valence-corrected chi connectivity index (χ3v) is 4.11. The zero-order valence-electron chi connectivity index (χ0n) is 13.8. The summed E-state index contributed by atoms with van der Waals surface area (Å²) in [6.07, 6.45) is -0.203. The Balaban J connectivity index is 2.17. The summed E-state index contributed by atoms with van der Waals surface area (Å²) in [5.41, 5.74) is 6.47. The molecule has 128 valence electrons. The monoisotopic (exact) mass is 341 g/mol. The van der Waals surface area contributed by atoms with Gasteiger partial charge in [-0.05, 0) is 27.1 Å². The second kappa shape index (κ2) is 7.86. The number of nitrogens with zero attached hydrogens (tertiary/aromatic N) is 2. The normalized spacial score (nSPS) is 17.7. The second-order valence-corrected chi connectivity index (χ2v) is 6.26. The Morgan fingerprint density at radius 2 is 1.91 bits per heavy atom. The van der Waals surface area contributed by atoms with Crippen molar-refractivity contribution in [1.82, 2.24) is 9.80 Å². The van der Waals surface area contributed by atoms with Gasteiger partial charge in [0.15, 0.2) is 0 Å². The quantitative estimate of drug-likeness (QED) is 0.664. The number of esters is 1. The van der Waals surface area contributed by atoms with Crippen molar-refractivity contribution in [3.8, 4) is 5.75 Å². The molecule has 0 radical (unpaired) electrons. The van der Waals surface area contributed by atoms with Crippen LogP contribution in [0.4, 0.5) is 5.69 Å². The van der Waals surface area contributed by atoms with E-state index in [4.69, 9.17) is 26.8 Å². The van der Waals surface area contributed by atoms with E-state index in [9.17, 15) is 4.79 Å². The van der Waals surface area contributed by atoms with E-state index in [1.54, 1.807) is 6.07 Å². The van der Waals surface area contributed by atoms with E-state index >= 15 is 0 Å². The standard InChI is InChI=1S/C16H24ClN3O3/c1-4-22-15-8-14(18)13(17)7-12(15)16(21)23-11-9-19(2)5-6-20(3)10-11/h7-8,11H,4-6,9-10,18H2,1-3H3. The first kappa shape index (κ1) is 17.8. The molecule has 1 aliphatic heterocycles. The Hall–Kier alpha value is -1.50. The summed E-state index contributed by atoms with van der Waals surface area (Å²) >= 11 is 6.04. The van der Waals surface area contributed by atoms with E-state index in [0.29, 0.717) is 41.7 Å². The first-order chi connectivity index (χ1) is 10.9. The van der Waals surface area contributed by atoms with Crippen LogP contribution in [0.2, 0.25) is 5.02 Å². The zero-order chi connectivity index (χ0) is 17.0. The van der Waals surface area contributed by atoms with Gasteiger partial charge in [0.25, 0.3) is 0 Å². The van der Waals surface area contributed by atoms with Crippen LogP contribution < -0.4 is 10.5 Å². The minimum absolute atomic E-state index is 0.203. The second-order valence-electron chi connectivity index (χ2n) is 5.85. The number of ether oxygens (including phenoxy) is 2. The lowest BCUT2D eigenvalue weighted by molar-refractivity contribution is 0.0209. The van der Waals surface area contributed by atoms with Gasteiger partial charge in [-0.2, -0.15) is 0 Å². The average molecular weight is 342 g/mol. The predicted octanol–water partition coefficient (Wildman–Crippen LogP) is 1.72. The largest absolute Gasteiger partial charge is 0.493 e. The highest BCUT2D eigenvalue weighted by atomic mass is 35.5. The third kappa shape index (κ3) is 4.73. The zero-order valence-corrected chi connectivity index (χ0v) is 14.6. The summed E-state index contributed by atoms with van der Waals surface area (Å²) < 4.78 is 11.2. The molecule has 23 heavy (non-hydrogen) atoms. The van der Waals surface area contributed by atoms with Gasteiger partial charge in [0.05, 0.1) is 17.3 Å². The molecule has 0 spiro atoms. The molecule has 6 nitrogen and oxygen atoms in total. The molecule has 0 amide bonds. The smallest absolute Gasteiger partial charge is 0.342 e. The van der Waals surface area contributed by atoms with Crippen LogP contribution in [0.25, 0.3) is 0 Å². The Kier molecular flexibility index (Phi) is 6.10. The van der Waals surface area contributed by atoms with E-state index in [1.807, 2.05) is 21.0 Å². The number of hydrogen-bond donors (Lipinski definition) is 1. The molecule has 0 unspecified atom stereocenters. The molecule has 1 aliphatic rings. The van der Waals surface area contributed by atoms with Gasteiger partial charge in [0.1, 0.15) is 17.4 Å². The van der Waals surface area contributed by atoms with Crippen molar-refractivity contribution in [2.45, 2.75) is 13.0 Å². The van der Waals surface area contributed by atoms with E-state index in [2.05, 4.69) is 9.80 Å². The molecule has 0 saturated carbocycles. The number of hydrogen-bond acceptors (Lipinski definition) is 6. The maximum atomic E-state index is 12.6. The van der Waals surface area contributed by atoms with Crippen LogP contribution in [-0.2, 0) is 4.74 Å². The molecule has 0 aromatic heterocycles. The fraction of sp³-hybridized carbons (Fsp3) is 0.562. The fourth-order valence-electron chi connectivity index (χ4n) is 2.57. The highest BCUT2D eigenvalue weighted by Crippen LogP contribution is 2.30. The Morgan fingerprint density at radius 1 is 1.30 bits per heavy atom. The Bertz CT molecular complexity index is 556. The van der Waals surface area contributed by atoms with Crippen molar-refractivity contribution in [2.24, 2.45) is 0 Å². The fourth-order valence-corrected chi connectivity index (χ4v) is 2.73. The van der Waals surface area contributed by atoms with Crippen molar-refractivity contribution >= 4 is 23.3 Å². The molecule has 1 aromatic rings. The number of nitrogens with two attached hydrogens (primary N) is 1. The van der Waals surface area contributed by atoms with E-state index < -0.39 is 5.97 Å². The van der Waals surface area contributed by atoms with Gasteiger partial charge >= 0.3 is 5.97 Å². The summed E-state index contributed by atoms with van der Waals surface area (Å²) in [5.74, 6) is -0.0428. The van der Waals surface area contributed by atoms with Crippen LogP contribution in [0.1, 0.15) is 17.3 Å². The molecule has 7 heteroatoms. The van der Waals surface area contributed by atoms with Crippen LogP contribution in [0.5, 0.6) is 5.75 Å².